The summed E-state index contributed by atoms with van der Waals surface area (Å²) in [4.78, 5) is 34.7. The van der Waals surface area contributed by atoms with Gasteiger partial charge in [-0.1, -0.05) is 6.92 Å². The molecule has 1 aromatic heterocycles. The number of carbonyl (C=O) groups excluding carboxylic acids is 2. The van der Waals surface area contributed by atoms with Gasteiger partial charge < -0.3 is 21.1 Å². The van der Waals surface area contributed by atoms with Crippen molar-refractivity contribution in [3.8, 4) is 6.01 Å². The van der Waals surface area contributed by atoms with E-state index in [1.165, 1.54) is 4.90 Å². The summed E-state index contributed by atoms with van der Waals surface area (Å²) in [5.74, 6) is -1.34. The van der Waals surface area contributed by atoms with E-state index in [0.29, 0.717) is 6.61 Å². The van der Waals surface area contributed by atoms with Crippen molar-refractivity contribution in [1.82, 2.24) is 15.0 Å². The minimum Gasteiger partial charge on any atom is -0.463 e. The van der Waals surface area contributed by atoms with E-state index in [1.54, 1.807) is 0 Å². The standard InChI is InChI=1S/C10H15ClN6O3/c1-2-3-20-10-15-8(11)14-9(16-10)17(4-6(12)18)5-7(13)19/h2-5H2,1H3,(H2,12,18)(H2,13,19). The van der Waals surface area contributed by atoms with E-state index in [-0.39, 0.29) is 30.3 Å². The van der Waals surface area contributed by atoms with Gasteiger partial charge in [0.05, 0.1) is 6.61 Å². The zero-order chi connectivity index (χ0) is 15.1. The average molecular weight is 303 g/mol. The number of primary amides is 2. The maximum absolute atomic E-state index is 11.0. The third-order valence-corrected chi connectivity index (χ3v) is 2.16. The molecule has 0 aliphatic rings. The van der Waals surface area contributed by atoms with E-state index >= 15 is 0 Å². The number of nitrogens with two attached hydrogens (primary N) is 2. The molecule has 1 rings (SSSR count). The molecule has 0 aliphatic heterocycles. The Bertz CT molecular complexity index is 482. The Morgan fingerprint density at radius 1 is 1.20 bits per heavy atom. The molecule has 4 N–H and O–H groups in total. The maximum Gasteiger partial charge on any atom is 0.322 e. The van der Waals surface area contributed by atoms with Crippen LogP contribution in [0.15, 0.2) is 0 Å². The Morgan fingerprint density at radius 3 is 2.30 bits per heavy atom. The van der Waals surface area contributed by atoms with Gasteiger partial charge in [-0.2, -0.15) is 15.0 Å². The SMILES string of the molecule is CCCOc1nc(Cl)nc(N(CC(N)=O)CC(N)=O)n1. The van der Waals surface area contributed by atoms with Gasteiger partial charge in [-0.25, -0.2) is 0 Å². The molecule has 0 spiro atoms. The molecular formula is C10H15ClN6O3. The van der Waals surface area contributed by atoms with Gasteiger partial charge in [0.25, 0.3) is 0 Å². The van der Waals surface area contributed by atoms with Crippen LogP contribution in [0.4, 0.5) is 5.95 Å². The van der Waals surface area contributed by atoms with Crippen LogP contribution in [0.3, 0.4) is 0 Å². The normalized spacial score (nSPS) is 10.1. The first kappa shape index (κ1) is 15.9. The highest BCUT2D eigenvalue weighted by Gasteiger charge is 2.17. The summed E-state index contributed by atoms with van der Waals surface area (Å²) in [5, 5.41) is -0.125. The van der Waals surface area contributed by atoms with Crippen LogP contribution in [0.1, 0.15) is 13.3 Å². The minimum atomic E-state index is -0.668. The second-order valence-corrected chi connectivity index (χ2v) is 4.16. The fourth-order valence-electron chi connectivity index (χ4n) is 1.29. The van der Waals surface area contributed by atoms with Crippen molar-refractivity contribution in [2.24, 2.45) is 11.5 Å². The predicted octanol–water partition coefficient (Wildman–Crippen LogP) is -0.909. The van der Waals surface area contributed by atoms with Crippen LogP contribution in [0.5, 0.6) is 6.01 Å². The van der Waals surface area contributed by atoms with Crippen molar-refractivity contribution in [2.75, 3.05) is 24.6 Å². The Labute approximate surface area is 120 Å². The fraction of sp³-hybridized carbons (Fsp3) is 0.500. The van der Waals surface area contributed by atoms with Gasteiger partial charge in [-0.3, -0.25) is 9.59 Å². The molecular weight excluding hydrogens is 288 g/mol. The zero-order valence-corrected chi connectivity index (χ0v) is 11.6. The number of hydrogen-bond acceptors (Lipinski definition) is 7. The number of amides is 2. The van der Waals surface area contributed by atoms with Crippen molar-refractivity contribution in [3.05, 3.63) is 5.28 Å². The number of halogens is 1. The van der Waals surface area contributed by atoms with E-state index in [1.807, 2.05) is 6.92 Å². The van der Waals surface area contributed by atoms with Crippen molar-refractivity contribution in [3.63, 3.8) is 0 Å². The Morgan fingerprint density at radius 2 is 1.80 bits per heavy atom. The number of carbonyl (C=O) groups is 2. The Balaban J connectivity index is 3.01. The summed E-state index contributed by atoms with van der Waals surface area (Å²) in [6, 6.07) is 0.000732. The smallest absolute Gasteiger partial charge is 0.322 e. The molecule has 2 amide bonds. The van der Waals surface area contributed by atoms with E-state index in [9.17, 15) is 9.59 Å². The lowest BCUT2D eigenvalue weighted by molar-refractivity contribution is -0.117. The highest BCUT2D eigenvalue weighted by molar-refractivity contribution is 6.28. The molecule has 0 fully saturated rings. The predicted molar refractivity (Wildman–Crippen MR) is 71.2 cm³/mol. The highest BCUT2D eigenvalue weighted by atomic mass is 35.5. The molecule has 110 valence electrons. The summed E-state index contributed by atoms with van der Waals surface area (Å²) in [7, 11) is 0. The second kappa shape index (κ2) is 7.43. The minimum absolute atomic E-state index is 0.000732. The molecule has 0 saturated heterocycles. The van der Waals surface area contributed by atoms with Crippen LogP contribution in [0.25, 0.3) is 0 Å². The lowest BCUT2D eigenvalue weighted by Crippen LogP contribution is -2.40. The molecule has 10 heteroatoms. The van der Waals surface area contributed by atoms with Crippen LogP contribution in [-0.4, -0.2) is 46.5 Å². The van der Waals surface area contributed by atoms with Crippen LogP contribution in [0.2, 0.25) is 5.28 Å². The maximum atomic E-state index is 11.0. The number of aromatic nitrogens is 3. The second-order valence-electron chi connectivity index (χ2n) is 3.82. The molecule has 9 nitrogen and oxygen atoms in total. The van der Waals surface area contributed by atoms with Gasteiger partial charge in [-0.05, 0) is 18.0 Å². The topological polar surface area (TPSA) is 137 Å². The van der Waals surface area contributed by atoms with Gasteiger partial charge in [0.15, 0.2) is 0 Å². The molecule has 1 aromatic rings. The van der Waals surface area contributed by atoms with Crippen molar-refractivity contribution in [1.29, 1.82) is 0 Å². The zero-order valence-electron chi connectivity index (χ0n) is 10.9. The molecule has 0 unspecified atom stereocenters. The summed E-state index contributed by atoms with van der Waals surface area (Å²) >= 11 is 5.74. The largest absolute Gasteiger partial charge is 0.463 e. The lowest BCUT2D eigenvalue weighted by Gasteiger charge is -2.19. The molecule has 20 heavy (non-hydrogen) atoms. The molecule has 0 saturated carbocycles. The summed E-state index contributed by atoms with van der Waals surface area (Å²) in [5.41, 5.74) is 10.2. The third kappa shape index (κ3) is 5.22. The monoisotopic (exact) mass is 302 g/mol. The van der Waals surface area contributed by atoms with E-state index < -0.39 is 11.8 Å². The number of hydrogen-bond donors (Lipinski definition) is 2. The molecule has 0 bridgehead atoms. The fourth-order valence-corrected chi connectivity index (χ4v) is 1.44. The van der Waals surface area contributed by atoms with Crippen LogP contribution >= 0.6 is 11.6 Å². The molecule has 0 aliphatic carbocycles. The van der Waals surface area contributed by atoms with Gasteiger partial charge in [0.1, 0.15) is 13.1 Å². The highest BCUT2D eigenvalue weighted by Crippen LogP contribution is 2.15. The van der Waals surface area contributed by atoms with Crippen LogP contribution in [0, 0.1) is 0 Å². The molecule has 0 atom stereocenters. The number of nitrogens with zero attached hydrogens (tertiary/aromatic N) is 4. The van der Waals surface area contributed by atoms with Crippen molar-refractivity contribution < 1.29 is 14.3 Å². The Kier molecular flexibility index (Phi) is 5.91. The summed E-state index contributed by atoms with van der Waals surface area (Å²) in [6.45, 7) is 1.74. The number of ether oxygens (including phenoxy) is 1. The summed E-state index contributed by atoms with van der Waals surface area (Å²) < 4.78 is 5.23. The van der Waals surface area contributed by atoms with Gasteiger partial charge in [-0.15, -0.1) is 0 Å². The number of rotatable bonds is 8. The van der Waals surface area contributed by atoms with Gasteiger partial charge in [0, 0.05) is 0 Å². The first-order valence-corrected chi connectivity index (χ1v) is 6.16. The van der Waals surface area contributed by atoms with Crippen LogP contribution < -0.4 is 21.1 Å². The first-order valence-electron chi connectivity index (χ1n) is 5.78. The van der Waals surface area contributed by atoms with E-state index in [0.717, 1.165) is 6.42 Å². The molecule has 0 radical (unpaired) electrons. The van der Waals surface area contributed by atoms with Gasteiger partial charge >= 0.3 is 6.01 Å². The van der Waals surface area contributed by atoms with Crippen LogP contribution in [-0.2, 0) is 9.59 Å². The first-order chi connectivity index (χ1) is 9.42. The number of anilines is 1. The molecule has 0 aromatic carbocycles. The average Bonchev–Trinajstić information content (AvgIpc) is 2.33. The van der Waals surface area contributed by atoms with E-state index in [4.69, 9.17) is 27.8 Å². The Hall–Kier alpha value is -2.16. The third-order valence-electron chi connectivity index (χ3n) is 1.99. The molecule has 1 heterocycles. The lowest BCUT2D eigenvalue weighted by atomic mass is 10.4. The quantitative estimate of drug-likeness (QED) is 0.634. The van der Waals surface area contributed by atoms with Crippen molar-refractivity contribution >= 4 is 29.4 Å². The van der Waals surface area contributed by atoms with E-state index in [2.05, 4.69) is 15.0 Å². The van der Waals surface area contributed by atoms with Crippen molar-refractivity contribution in [2.45, 2.75) is 13.3 Å². The summed E-state index contributed by atoms with van der Waals surface area (Å²) in [6.07, 6.45) is 0.755. The van der Waals surface area contributed by atoms with Gasteiger partial charge in [0.2, 0.25) is 23.0 Å².